The van der Waals surface area contributed by atoms with E-state index in [2.05, 4.69) is 0 Å². The highest BCUT2D eigenvalue weighted by molar-refractivity contribution is 5.94. The van der Waals surface area contributed by atoms with Gasteiger partial charge in [0.25, 0.3) is 0 Å². The molecule has 0 unspecified atom stereocenters. The van der Waals surface area contributed by atoms with Crippen molar-refractivity contribution in [3.05, 3.63) is 35.5 Å². The minimum Gasteiger partial charge on any atom is -0.477 e. The average molecular weight is 190 g/mol. The number of benzene rings is 1. The van der Waals surface area contributed by atoms with Crippen LogP contribution in [0.15, 0.2) is 24.3 Å². The Morgan fingerprint density at radius 3 is 2.79 bits per heavy atom. The summed E-state index contributed by atoms with van der Waals surface area (Å²) in [6, 6.07) is 7.20. The Balaban J connectivity index is 2.79. The van der Waals surface area contributed by atoms with E-state index >= 15 is 0 Å². The van der Waals surface area contributed by atoms with Crippen LogP contribution in [0.3, 0.4) is 0 Å². The normalized spacial score (nSPS) is 10.6. The van der Waals surface area contributed by atoms with Gasteiger partial charge in [0, 0.05) is 5.39 Å². The number of aromatic carboxylic acids is 1. The second-order valence-corrected chi connectivity index (χ2v) is 3.27. The molecule has 2 aromatic rings. The second-order valence-electron chi connectivity index (χ2n) is 3.27. The molecule has 0 amide bonds. The molecule has 0 bridgehead atoms. The van der Waals surface area contributed by atoms with Crippen LogP contribution in [-0.2, 0) is 0 Å². The molecule has 0 aliphatic rings. The SMILES string of the molecule is Cc1ccc2c(c1)cc(C(=O)O)n2N. The van der Waals surface area contributed by atoms with Gasteiger partial charge in [-0.1, -0.05) is 11.6 Å². The number of aromatic nitrogens is 1. The molecule has 0 radical (unpaired) electrons. The van der Waals surface area contributed by atoms with Crippen LogP contribution in [0, 0.1) is 6.92 Å². The first-order valence-corrected chi connectivity index (χ1v) is 4.20. The van der Waals surface area contributed by atoms with Crippen LogP contribution >= 0.6 is 0 Å². The van der Waals surface area contributed by atoms with Gasteiger partial charge in [-0.25, -0.2) is 4.79 Å². The lowest BCUT2D eigenvalue weighted by Crippen LogP contribution is -2.15. The van der Waals surface area contributed by atoms with E-state index in [0.29, 0.717) is 0 Å². The number of aryl methyl sites for hydroxylation is 1. The van der Waals surface area contributed by atoms with E-state index in [1.165, 1.54) is 4.68 Å². The number of nitrogen functional groups attached to an aromatic ring is 1. The van der Waals surface area contributed by atoms with E-state index in [0.717, 1.165) is 16.5 Å². The molecule has 2 rings (SSSR count). The Morgan fingerprint density at radius 2 is 2.14 bits per heavy atom. The molecular weight excluding hydrogens is 180 g/mol. The summed E-state index contributed by atoms with van der Waals surface area (Å²) >= 11 is 0. The first-order chi connectivity index (χ1) is 6.59. The van der Waals surface area contributed by atoms with Crippen LogP contribution in [0.25, 0.3) is 10.9 Å². The Labute approximate surface area is 80.5 Å². The highest BCUT2D eigenvalue weighted by Gasteiger charge is 2.11. The quantitative estimate of drug-likeness (QED) is 0.667. The maximum atomic E-state index is 10.8. The molecule has 0 fully saturated rings. The van der Waals surface area contributed by atoms with E-state index in [9.17, 15) is 4.79 Å². The number of hydrogen-bond donors (Lipinski definition) is 2. The Bertz CT molecular complexity index is 514. The lowest BCUT2D eigenvalue weighted by Gasteiger charge is -1.98. The average Bonchev–Trinajstić information content (AvgIpc) is 2.43. The summed E-state index contributed by atoms with van der Waals surface area (Å²) < 4.78 is 1.19. The predicted octanol–water partition coefficient (Wildman–Crippen LogP) is 1.36. The van der Waals surface area contributed by atoms with E-state index < -0.39 is 5.97 Å². The topological polar surface area (TPSA) is 68.2 Å². The molecule has 0 saturated heterocycles. The number of nitrogens with two attached hydrogens (primary N) is 1. The van der Waals surface area contributed by atoms with Gasteiger partial charge in [0.05, 0.1) is 5.52 Å². The van der Waals surface area contributed by atoms with E-state index in [4.69, 9.17) is 10.9 Å². The van der Waals surface area contributed by atoms with Crippen molar-refractivity contribution in [2.45, 2.75) is 6.92 Å². The van der Waals surface area contributed by atoms with Crippen molar-refractivity contribution in [3.63, 3.8) is 0 Å². The first-order valence-electron chi connectivity index (χ1n) is 4.20. The van der Waals surface area contributed by atoms with Crippen molar-refractivity contribution in [2.75, 3.05) is 5.84 Å². The smallest absolute Gasteiger partial charge is 0.354 e. The third-order valence-corrected chi connectivity index (χ3v) is 2.21. The van der Waals surface area contributed by atoms with Crippen molar-refractivity contribution in [1.82, 2.24) is 4.68 Å². The van der Waals surface area contributed by atoms with Gasteiger partial charge in [-0.15, -0.1) is 0 Å². The minimum absolute atomic E-state index is 0.102. The number of fused-ring (bicyclic) bond motifs is 1. The lowest BCUT2D eigenvalue weighted by atomic mass is 10.2. The fraction of sp³-hybridized carbons (Fsp3) is 0.100. The Morgan fingerprint density at radius 1 is 1.43 bits per heavy atom. The summed E-state index contributed by atoms with van der Waals surface area (Å²) in [5, 5.41) is 9.69. The van der Waals surface area contributed by atoms with Crippen LogP contribution in [-0.4, -0.2) is 15.8 Å². The summed E-state index contributed by atoms with van der Waals surface area (Å²) in [5.41, 5.74) is 1.92. The van der Waals surface area contributed by atoms with E-state index in [1.807, 2.05) is 25.1 Å². The molecule has 0 spiro atoms. The van der Waals surface area contributed by atoms with Gasteiger partial charge in [0.2, 0.25) is 0 Å². The van der Waals surface area contributed by atoms with Gasteiger partial charge in [-0.05, 0) is 25.1 Å². The zero-order valence-electron chi connectivity index (χ0n) is 7.69. The van der Waals surface area contributed by atoms with Crippen LogP contribution in [0.2, 0.25) is 0 Å². The van der Waals surface area contributed by atoms with E-state index in [-0.39, 0.29) is 5.69 Å². The molecule has 1 heterocycles. The van der Waals surface area contributed by atoms with Crippen LogP contribution < -0.4 is 5.84 Å². The largest absolute Gasteiger partial charge is 0.477 e. The third-order valence-electron chi connectivity index (χ3n) is 2.21. The number of carbonyl (C=O) groups is 1. The summed E-state index contributed by atoms with van der Waals surface area (Å²) in [6.07, 6.45) is 0. The molecule has 0 saturated carbocycles. The zero-order chi connectivity index (χ0) is 10.3. The maximum absolute atomic E-state index is 10.8. The lowest BCUT2D eigenvalue weighted by molar-refractivity contribution is 0.0688. The molecule has 1 aromatic heterocycles. The number of nitrogens with zero attached hydrogens (tertiary/aromatic N) is 1. The molecule has 3 N–H and O–H groups in total. The van der Waals surface area contributed by atoms with Crippen LogP contribution in [0.1, 0.15) is 16.1 Å². The summed E-state index contributed by atoms with van der Waals surface area (Å²) in [6.45, 7) is 1.95. The summed E-state index contributed by atoms with van der Waals surface area (Å²) in [4.78, 5) is 10.8. The second kappa shape index (κ2) is 2.77. The van der Waals surface area contributed by atoms with Crippen molar-refractivity contribution < 1.29 is 9.90 Å². The maximum Gasteiger partial charge on any atom is 0.354 e. The molecule has 14 heavy (non-hydrogen) atoms. The molecule has 1 aromatic carbocycles. The minimum atomic E-state index is -1.01. The van der Waals surface area contributed by atoms with Gasteiger partial charge in [-0.3, -0.25) is 4.68 Å². The summed E-state index contributed by atoms with van der Waals surface area (Å²) in [7, 11) is 0. The zero-order valence-corrected chi connectivity index (χ0v) is 7.69. The molecular formula is C10H10N2O2. The van der Waals surface area contributed by atoms with Crippen molar-refractivity contribution >= 4 is 16.9 Å². The number of rotatable bonds is 1. The molecule has 72 valence electrons. The Kier molecular flexibility index (Phi) is 1.70. The van der Waals surface area contributed by atoms with Crippen molar-refractivity contribution in [1.29, 1.82) is 0 Å². The monoisotopic (exact) mass is 190 g/mol. The first kappa shape index (κ1) is 8.62. The molecule has 0 aliphatic heterocycles. The predicted molar refractivity (Wildman–Crippen MR) is 53.8 cm³/mol. The third kappa shape index (κ3) is 1.12. The number of carboxylic acid groups (broad SMARTS) is 1. The molecule has 4 nitrogen and oxygen atoms in total. The number of carboxylic acids is 1. The van der Waals surface area contributed by atoms with Crippen LogP contribution in [0.4, 0.5) is 0 Å². The van der Waals surface area contributed by atoms with E-state index in [1.54, 1.807) is 6.07 Å². The standard InChI is InChI=1S/C10H10N2O2/c1-6-2-3-8-7(4-6)5-9(10(13)14)12(8)11/h2-5H,11H2,1H3,(H,13,14). The molecule has 0 atom stereocenters. The fourth-order valence-electron chi connectivity index (χ4n) is 1.52. The highest BCUT2D eigenvalue weighted by atomic mass is 16.4. The Hall–Kier alpha value is -1.97. The van der Waals surface area contributed by atoms with Crippen molar-refractivity contribution in [2.24, 2.45) is 0 Å². The molecule has 0 aliphatic carbocycles. The van der Waals surface area contributed by atoms with Gasteiger partial charge in [-0.2, -0.15) is 0 Å². The summed E-state index contributed by atoms with van der Waals surface area (Å²) in [5.74, 6) is 4.61. The van der Waals surface area contributed by atoms with Crippen molar-refractivity contribution in [3.8, 4) is 0 Å². The molecule has 4 heteroatoms. The van der Waals surface area contributed by atoms with Gasteiger partial charge in [0.1, 0.15) is 5.69 Å². The van der Waals surface area contributed by atoms with Gasteiger partial charge >= 0.3 is 5.97 Å². The van der Waals surface area contributed by atoms with Gasteiger partial charge < -0.3 is 10.9 Å². The number of hydrogen-bond acceptors (Lipinski definition) is 2. The van der Waals surface area contributed by atoms with Gasteiger partial charge in [0.15, 0.2) is 0 Å². The highest BCUT2D eigenvalue weighted by Crippen LogP contribution is 2.18. The fourth-order valence-corrected chi connectivity index (χ4v) is 1.52. The van der Waals surface area contributed by atoms with Crippen LogP contribution in [0.5, 0.6) is 0 Å².